The molecule has 290 valence electrons. The minimum Gasteiger partial charge on any atom is -0.308 e. The third-order valence-corrected chi connectivity index (χ3v) is 12.5. The van der Waals surface area contributed by atoms with Gasteiger partial charge in [0.2, 0.25) is 0 Å². The van der Waals surface area contributed by atoms with Gasteiger partial charge in [0.05, 0.1) is 67.6 Å². The Bertz CT molecular complexity index is 3870. The first-order valence-electron chi connectivity index (χ1n) is 20.8. The molecule has 0 bridgehead atoms. The Morgan fingerprint density at radius 1 is 0.317 bits per heavy atom. The van der Waals surface area contributed by atoms with Crippen molar-refractivity contribution < 1.29 is 0 Å². The number of rotatable bonds is 5. The van der Waals surface area contributed by atoms with Crippen LogP contribution in [0.3, 0.4) is 0 Å². The van der Waals surface area contributed by atoms with Crippen molar-refractivity contribution in [2.45, 2.75) is 0 Å². The van der Waals surface area contributed by atoms with E-state index in [0.29, 0.717) is 16.7 Å². The summed E-state index contributed by atoms with van der Waals surface area (Å²) in [6, 6.07) is 73.4. The molecule has 0 N–H and O–H groups in total. The van der Waals surface area contributed by atoms with Crippen LogP contribution in [0.4, 0.5) is 0 Å². The standard InChI is InChI=1S/C57H32N6/c58-33-36-18-27-43(28-19-36)61-49-15-7-4-12-45(49)52-55-53(46-13-5-8-16-50(46)62(55)44-29-20-37(34-59)21-30-44)57-54(56(52)61)47-14-6-9-17-51(47)63(57)48-31-26-41(32-42(48)35-60)40-24-22-39(23-25-40)38-10-2-1-3-11-38/h1-32H. The van der Waals surface area contributed by atoms with Gasteiger partial charge >= 0.3 is 0 Å². The number of nitrogens with zero attached hydrogens (tertiary/aromatic N) is 6. The zero-order valence-electron chi connectivity index (χ0n) is 33.7. The van der Waals surface area contributed by atoms with Crippen molar-refractivity contribution in [2.24, 2.45) is 0 Å². The van der Waals surface area contributed by atoms with Crippen LogP contribution in [0.15, 0.2) is 194 Å². The van der Waals surface area contributed by atoms with Gasteiger partial charge in [0.1, 0.15) is 6.07 Å². The summed E-state index contributed by atoms with van der Waals surface area (Å²) >= 11 is 0. The fourth-order valence-corrected chi connectivity index (χ4v) is 9.79. The molecular formula is C57H32N6. The van der Waals surface area contributed by atoms with E-state index in [-0.39, 0.29) is 0 Å². The summed E-state index contributed by atoms with van der Waals surface area (Å²) in [4.78, 5) is 0. The predicted molar refractivity (Wildman–Crippen MR) is 254 cm³/mol. The molecule has 0 radical (unpaired) electrons. The summed E-state index contributed by atoms with van der Waals surface area (Å²) < 4.78 is 6.96. The summed E-state index contributed by atoms with van der Waals surface area (Å²) in [5.74, 6) is 0. The van der Waals surface area contributed by atoms with Crippen LogP contribution in [0.5, 0.6) is 0 Å². The number of benzene rings is 9. The molecule has 3 heterocycles. The Morgan fingerprint density at radius 2 is 0.698 bits per heavy atom. The quantitative estimate of drug-likeness (QED) is 0.174. The Morgan fingerprint density at radius 3 is 1.16 bits per heavy atom. The summed E-state index contributed by atoms with van der Waals surface area (Å²) in [6.07, 6.45) is 0. The summed E-state index contributed by atoms with van der Waals surface area (Å²) in [5.41, 5.74) is 14.7. The third kappa shape index (κ3) is 5.28. The lowest BCUT2D eigenvalue weighted by molar-refractivity contribution is 1.16. The smallest absolute Gasteiger partial charge is 0.101 e. The van der Waals surface area contributed by atoms with Crippen molar-refractivity contribution in [3.05, 3.63) is 211 Å². The Balaban J connectivity index is 1.26. The molecule has 6 nitrogen and oxygen atoms in total. The largest absolute Gasteiger partial charge is 0.308 e. The van der Waals surface area contributed by atoms with Crippen LogP contribution in [0.25, 0.3) is 105 Å². The zero-order chi connectivity index (χ0) is 42.2. The molecule has 63 heavy (non-hydrogen) atoms. The van der Waals surface area contributed by atoms with Gasteiger partial charge in [0.25, 0.3) is 0 Å². The highest BCUT2D eigenvalue weighted by atomic mass is 15.0. The maximum Gasteiger partial charge on any atom is 0.101 e. The summed E-state index contributed by atoms with van der Waals surface area (Å²) in [5, 5.41) is 37.1. The van der Waals surface area contributed by atoms with Crippen LogP contribution in [0.2, 0.25) is 0 Å². The molecule has 0 saturated heterocycles. The maximum absolute atomic E-state index is 11.1. The van der Waals surface area contributed by atoms with E-state index in [4.69, 9.17) is 0 Å². The molecule has 0 aliphatic rings. The van der Waals surface area contributed by atoms with Gasteiger partial charge in [-0.3, -0.25) is 0 Å². The van der Waals surface area contributed by atoms with Gasteiger partial charge in [-0.15, -0.1) is 0 Å². The lowest BCUT2D eigenvalue weighted by Gasteiger charge is -2.15. The molecule has 0 unspecified atom stereocenters. The van der Waals surface area contributed by atoms with Gasteiger partial charge in [-0.1, -0.05) is 115 Å². The van der Waals surface area contributed by atoms with Crippen LogP contribution in [-0.4, -0.2) is 13.7 Å². The van der Waals surface area contributed by atoms with E-state index in [0.717, 1.165) is 105 Å². The van der Waals surface area contributed by atoms with Gasteiger partial charge in [-0.25, -0.2) is 0 Å². The van der Waals surface area contributed by atoms with Crippen molar-refractivity contribution in [1.82, 2.24) is 13.7 Å². The van der Waals surface area contributed by atoms with E-state index in [2.05, 4.69) is 153 Å². The monoisotopic (exact) mass is 800 g/mol. The second-order valence-electron chi connectivity index (χ2n) is 15.8. The van der Waals surface area contributed by atoms with Crippen LogP contribution in [0.1, 0.15) is 16.7 Å². The molecule has 0 aliphatic carbocycles. The Labute approximate surface area is 361 Å². The molecule has 6 heteroatoms. The van der Waals surface area contributed by atoms with Crippen molar-refractivity contribution in [2.75, 3.05) is 0 Å². The molecular weight excluding hydrogens is 769 g/mol. The van der Waals surface area contributed by atoms with E-state index in [1.54, 1.807) is 0 Å². The van der Waals surface area contributed by atoms with Crippen LogP contribution in [0, 0.1) is 34.0 Å². The highest BCUT2D eigenvalue weighted by Gasteiger charge is 2.29. The first-order chi connectivity index (χ1) is 31.1. The van der Waals surface area contributed by atoms with Gasteiger partial charge in [-0.05, 0) is 101 Å². The second-order valence-corrected chi connectivity index (χ2v) is 15.8. The normalized spacial score (nSPS) is 11.4. The first-order valence-corrected chi connectivity index (χ1v) is 20.8. The number of fused-ring (bicyclic) bond motifs is 12. The fraction of sp³-hybridized carbons (Fsp3) is 0. The second kappa shape index (κ2) is 14.0. The molecule has 12 aromatic rings. The SMILES string of the molecule is N#Cc1ccc(-n2c3ccccc3c3c2c2c4ccccc4n(-c4ccc(-c5ccc(-c6ccccc6)cc5)cc4C#N)c2c2c4ccccc4n(-c4ccc(C#N)cc4)c32)cc1. The third-order valence-electron chi connectivity index (χ3n) is 12.5. The van der Waals surface area contributed by atoms with Gasteiger partial charge < -0.3 is 13.7 Å². The van der Waals surface area contributed by atoms with Crippen molar-refractivity contribution in [3.63, 3.8) is 0 Å². The van der Waals surface area contributed by atoms with E-state index in [9.17, 15) is 15.8 Å². The molecule has 0 amide bonds. The molecule has 0 spiro atoms. The zero-order valence-corrected chi connectivity index (χ0v) is 33.7. The Kier molecular flexibility index (Phi) is 7.93. The van der Waals surface area contributed by atoms with Crippen LogP contribution < -0.4 is 0 Å². The number of nitriles is 3. The minimum absolute atomic E-state index is 0.555. The molecule has 0 saturated carbocycles. The number of hydrogen-bond donors (Lipinski definition) is 0. The molecule has 12 rings (SSSR count). The van der Waals surface area contributed by atoms with E-state index >= 15 is 0 Å². The van der Waals surface area contributed by atoms with Crippen molar-refractivity contribution in [3.8, 4) is 57.5 Å². The van der Waals surface area contributed by atoms with Gasteiger partial charge in [0.15, 0.2) is 0 Å². The van der Waals surface area contributed by atoms with E-state index < -0.39 is 0 Å². The lowest BCUT2D eigenvalue weighted by atomic mass is 9.98. The number of hydrogen-bond acceptors (Lipinski definition) is 3. The predicted octanol–water partition coefficient (Wildman–Crippen LogP) is 13.9. The van der Waals surface area contributed by atoms with Crippen molar-refractivity contribution >= 4 is 65.4 Å². The highest BCUT2D eigenvalue weighted by molar-refractivity contribution is 6.40. The fourth-order valence-electron chi connectivity index (χ4n) is 9.79. The maximum atomic E-state index is 11.1. The first kappa shape index (κ1) is 35.8. The molecule has 3 aromatic heterocycles. The number of aromatic nitrogens is 3. The number of para-hydroxylation sites is 3. The lowest BCUT2D eigenvalue weighted by Crippen LogP contribution is -2.00. The van der Waals surface area contributed by atoms with Crippen molar-refractivity contribution in [1.29, 1.82) is 15.8 Å². The average molecular weight is 801 g/mol. The van der Waals surface area contributed by atoms with Crippen LogP contribution in [-0.2, 0) is 0 Å². The summed E-state index contributed by atoms with van der Waals surface area (Å²) in [6.45, 7) is 0. The van der Waals surface area contributed by atoms with Gasteiger partial charge in [-0.2, -0.15) is 15.8 Å². The average Bonchev–Trinajstić information content (AvgIpc) is 4.00. The molecule has 0 aliphatic heterocycles. The minimum atomic E-state index is 0.555. The molecule has 0 atom stereocenters. The molecule has 9 aromatic carbocycles. The summed E-state index contributed by atoms with van der Waals surface area (Å²) in [7, 11) is 0. The topological polar surface area (TPSA) is 86.2 Å². The Hall–Kier alpha value is -9.15. The van der Waals surface area contributed by atoms with Crippen LogP contribution >= 0.6 is 0 Å². The molecule has 0 fully saturated rings. The van der Waals surface area contributed by atoms with E-state index in [1.165, 1.54) is 0 Å². The van der Waals surface area contributed by atoms with Gasteiger partial charge in [0, 0.05) is 43.7 Å². The van der Waals surface area contributed by atoms with E-state index in [1.807, 2.05) is 72.8 Å². The highest BCUT2D eigenvalue weighted by Crippen LogP contribution is 2.50.